The first-order valence-corrected chi connectivity index (χ1v) is 30.6. The van der Waals surface area contributed by atoms with Gasteiger partial charge in [-0.1, -0.05) is 289 Å². The normalized spacial score (nSPS) is 19.4. The Morgan fingerprint density at radius 1 is 0.471 bits per heavy atom. The van der Waals surface area contributed by atoms with Gasteiger partial charge in [-0.3, -0.25) is 4.79 Å². The molecule has 0 bridgehead atoms. The SMILES string of the molecule is CCCCCCCCCCCCCCCCC/C=C/CC/C=C/C(O)C(COC1OC(CO)C(O)C(O)C1O)NC(=O)CCCCCCCCCCCCCCCCCCCCCCCCCCCC. The third-order valence-electron chi connectivity index (χ3n) is 14.8. The van der Waals surface area contributed by atoms with Crippen molar-refractivity contribution in [3.8, 4) is 0 Å². The Morgan fingerprint density at radius 2 is 0.814 bits per heavy atom. The minimum atomic E-state index is -1.57. The first kappa shape index (κ1) is 66.7. The minimum Gasteiger partial charge on any atom is -0.394 e. The van der Waals surface area contributed by atoms with E-state index < -0.39 is 49.5 Å². The summed E-state index contributed by atoms with van der Waals surface area (Å²) in [5, 5.41) is 54.5. The number of unbranched alkanes of at least 4 members (excludes halogenated alkanes) is 41. The summed E-state index contributed by atoms with van der Waals surface area (Å²) >= 11 is 0. The van der Waals surface area contributed by atoms with Gasteiger partial charge in [-0.2, -0.15) is 0 Å². The smallest absolute Gasteiger partial charge is 0.220 e. The lowest BCUT2D eigenvalue weighted by Gasteiger charge is -2.40. The van der Waals surface area contributed by atoms with Gasteiger partial charge >= 0.3 is 0 Å². The van der Waals surface area contributed by atoms with Crippen LogP contribution in [-0.2, 0) is 14.3 Å². The zero-order chi connectivity index (χ0) is 50.8. The molecule has 1 amide bonds. The Balaban J connectivity index is 2.20. The van der Waals surface area contributed by atoms with Crippen LogP contribution in [0.15, 0.2) is 24.3 Å². The van der Waals surface area contributed by atoms with Crippen molar-refractivity contribution >= 4 is 5.91 Å². The van der Waals surface area contributed by atoms with E-state index in [2.05, 4.69) is 31.3 Å². The lowest BCUT2D eigenvalue weighted by molar-refractivity contribution is -0.302. The van der Waals surface area contributed by atoms with Crippen LogP contribution in [0, 0.1) is 0 Å². The van der Waals surface area contributed by atoms with Gasteiger partial charge in [-0.05, 0) is 32.1 Å². The van der Waals surface area contributed by atoms with Crippen LogP contribution < -0.4 is 5.32 Å². The zero-order valence-corrected chi connectivity index (χ0v) is 46.0. The number of hydrogen-bond acceptors (Lipinski definition) is 8. The number of ether oxygens (including phenoxy) is 2. The van der Waals surface area contributed by atoms with E-state index in [0.717, 1.165) is 38.5 Å². The summed E-state index contributed by atoms with van der Waals surface area (Å²) in [6.45, 7) is 3.81. The molecule has 1 aliphatic heterocycles. The molecule has 9 nitrogen and oxygen atoms in total. The number of carbonyl (C=O) groups is 1. The van der Waals surface area contributed by atoms with Crippen LogP contribution in [0.5, 0.6) is 0 Å². The largest absolute Gasteiger partial charge is 0.394 e. The minimum absolute atomic E-state index is 0.180. The van der Waals surface area contributed by atoms with E-state index in [1.807, 2.05) is 6.08 Å². The molecule has 0 spiro atoms. The Labute approximate surface area is 432 Å². The van der Waals surface area contributed by atoms with Crippen molar-refractivity contribution in [1.29, 1.82) is 0 Å². The molecule has 0 aromatic rings. The predicted octanol–water partition coefficient (Wildman–Crippen LogP) is 15.4. The van der Waals surface area contributed by atoms with Crippen LogP contribution in [-0.4, -0.2) is 87.5 Å². The van der Waals surface area contributed by atoms with Gasteiger partial charge in [0.25, 0.3) is 0 Å². The van der Waals surface area contributed by atoms with E-state index >= 15 is 0 Å². The molecule has 1 heterocycles. The van der Waals surface area contributed by atoms with Crippen molar-refractivity contribution in [2.45, 2.75) is 346 Å². The van der Waals surface area contributed by atoms with Gasteiger partial charge in [-0.25, -0.2) is 0 Å². The lowest BCUT2D eigenvalue weighted by atomic mass is 9.99. The predicted molar refractivity (Wildman–Crippen MR) is 295 cm³/mol. The molecule has 0 aliphatic carbocycles. The molecule has 9 heteroatoms. The Hall–Kier alpha value is -1.33. The first-order valence-electron chi connectivity index (χ1n) is 30.6. The van der Waals surface area contributed by atoms with Crippen LogP contribution in [0.3, 0.4) is 0 Å². The average Bonchev–Trinajstić information content (AvgIpc) is 3.36. The standard InChI is InChI=1S/C61H117NO8/c1-3-5-7-9-11-13-15-17-19-21-23-25-26-27-28-29-31-33-35-37-39-41-43-45-47-49-51-57(65)62-54(53-69-61-60(68)59(67)58(66)56(52-63)70-61)55(64)50-48-46-44-42-40-38-36-34-32-30-24-22-20-18-16-14-12-10-8-6-4-2/h40,42,48,50,54-56,58-61,63-64,66-68H,3-39,41,43-47,49,51-53H2,1-2H3,(H,62,65)/b42-40+,50-48+. The number of hydrogen-bond donors (Lipinski definition) is 6. The zero-order valence-electron chi connectivity index (χ0n) is 46.0. The number of carbonyl (C=O) groups excluding carboxylic acids is 1. The second-order valence-electron chi connectivity index (χ2n) is 21.5. The average molecular weight is 993 g/mol. The molecule has 1 rings (SSSR count). The third kappa shape index (κ3) is 40.1. The topological polar surface area (TPSA) is 149 Å². The molecule has 1 aliphatic rings. The summed E-state index contributed by atoms with van der Waals surface area (Å²) in [6.07, 6.45) is 58.3. The number of rotatable bonds is 53. The molecule has 1 fully saturated rings. The molecule has 7 atom stereocenters. The van der Waals surface area contributed by atoms with E-state index in [-0.39, 0.29) is 12.5 Å². The van der Waals surface area contributed by atoms with E-state index in [1.54, 1.807) is 6.08 Å². The van der Waals surface area contributed by atoms with Gasteiger partial charge in [0, 0.05) is 6.42 Å². The molecule has 414 valence electrons. The summed E-state index contributed by atoms with van der Waals surface area (Å²) in [6, 6.07) is -0.819. The van der Waals surface area contributed by atoms with Crippen LogP contribution in [0.4, 0.5) is 0 Å². The monoisotopic (exact) mass is 992 g/mol. The summed E-state index contributed by atoms with van der Waals surface area (Å²) < 4.78 is 11.3. The summed E-state index contributed by atoms with van der Waals surface area (Å²) in [7, 11) is 0. The number of aliphatic hydroxyl groups is 5. The highest BCUT2D eigenvalue weighted by Crippen LogP contribution is 2.23. The third-order valence-corrected chi connectivity index (χ3v) is 14.8. The van der Waals surface area contributed by atoms with Crippen molar-refractivity contribution in [1.82, 2.24) is 5.32 Å². The fourth-order valence-electron chi connectivity index (χ4n) is 9.94. The highest BCUT2D eigenvalue weighted by Gasteiger charge is 2.44. The maximum absolute atomic E-state index is 13.1. The molecule has 0 aromatic heterocycles. The highest BCUT2D eigenvalue weighted by atomic mass is 16.7. The van der Waals surface area contributed by atoms with Gasteiger partial charge in [0.05, 0.1) is 25.4 Å². The maximum Gasteiger partial charge on any atom is 0.220 e. The van der Waals surface area contributed by atoms with Gasteiger partial charge in [-0.15, -0.1) is 0 Å². The van der Waals surface area contributed by atoms with Crippen molar-refractivity contribution in [3.63, 3.8) is 0 Å². The second kappa shape index (κ2) is 51.2. The summed E-state index contributed by atoms with van der Waals surface area (Å²) in [5.74, 6) is -0.180. The van der Waals surface area contributed by atoms with Crippen molar-refractivity contribution < 1.29 is 39.8 Å². The maximum atomic E-state index is 13.1. The highest BCUT2D eigenvalue weighted by molar-refractivity contribution is 5.76. The van der Waals surface area contributed by atoms with Crippen molar-refractivity contribution in [3.05, 3.63) is 24.3 Å². The fraction of sp³-hybridized carbons (Fsp3) is 0.918. The number of amides is 1. The Kier molecular flexibility index (Phi) is 48.7. The van der Waals surface area contributed by atoms with Gasteiger partial charge in [0.15, 0.2) is 6.29 Å². The molecule has 70 heavy (non-hydrogen) atoms. The van der Waals surface area contributed by atoms with Crippen molar-refractivity contribution in [2.24, 2.45) is 0 Å². The van der Waals surface area contributed by atoms with Crippen molar-refractivity contribution in [2.75, 3.05) is 13.2 Å². The second-order valence-corrected chi connectivity index (χ2v) is 21.5. The molecule has 6 N–H and O–H groups in total. The van der Waals surface area contributed by atoms with E-state index in [0.29, 0.717) is 6.42 Å². The molecule has 1 saturated heterocycles. The molecular weight excluding hydrogens is 875 g/mol. The molecule has 0 aromatic carbocycles. The molecule has 7 unspecified atom stereocenters. The quantitative estimate of drug-likeness (QED) is 0.0261. The fourth-order valence-corrected chi connectivity index (χ4v) is 9.94. The van der Waals surface area contributed by atoms with Crippen LogP contribution in [0.2, 0.25) is 0 Å². The van der Waals surface area contributed by atoms with Crippen LogP contribution in [0.1, 0.15) is 303 Å². The molecular formula is C61H117NO8. The van der Waals surface area contributed by atoms with E-state index in [9.17, 15) is 30.3 Å². The number of nitrogens with one attached hydrogen (secondary N) is 1. The molecule has 0 saturated carbocycles. The Morgan fingerprint density at radius 3 is 1.20 bits per heavy atom. The Bertz CT molecular complexity index is 1150. The van der Waals surface area contributed by atoms with Crippen LogP contribution >= 0.6 is 0 Å². The first-order chi connectivity index (χ1) is 34.3. The van der Waals surface area contributed by atoms with Crippen LogP contribution in [0.25, 0.3) is 0 Å². The number of aliphatic hydroxyl groups excluding tert-OH is 5. The molecule has 0 radical (unpaired) electrons. The summed E-state index contributed by atoms with van der Waals surface area (Å²) in [5.41, 5.74) is 0. The van der Waals surface area contributed by atoms with Gasteiger partial charge in [0.2, 0.25) is 5.91 Å². The number of allylic oxidation sites excluding steroid dienone is 3. The lowest BCUT2D eigenvalue weighted by Crippen LogP contribution is -2.60. The van der Waals surface area contributed by atoms with Gasteiger partial charge < -0.3 is 40.3 Å². The van der Waals surface area contributed by atoms with E-state index in [4.69, 9.17) is 9.47 Å². The summed E-state index contributed by atoms with van der Waals surface area (Å²) in [4.78, 5) is 13.1. The van der Waals surface area contributed by atoms with Gasteiger partial charge in [0.1, 0.15) is 24.4 Å². The van der Waals surface area contributed by atoms with E-state index in [1.165, 1.54) is 244 Å².